The average Bonchev–Trinajstić information content (AvgIpc) is 2.75. The summed E-state index contributed by atoms with van der Waals surface area (Å²) < 4.78 is 28.7. The highest BCUT2D eigenvalue weighted by Gasteiger charge is 2.34. The molecule has 1 heterocycles. The number of carbonyl (C=O) groups excluding carboxylic acids is 1. The number of nitrogens with one attached hydrogen (secondary N) is 1. The number of fused-ring (bicyclic) bond motifs is 2. The van der Waals surface area contributed by atoms with Crippen molar-refractivity contribution in [2.24, 2.45) is 0 Å². The second kappa shape index (κ2) is 9.37. The zero-order valence-electron chi connectivity index (χ0n) is 15.9. The smallest absolute Gasteiger partial charge is 0.264 e. The summed E-state index contributed by atoms with van der Waals surface area (Å²) >= 11 is 2.15. The van der Waals surface area contributed by atoms with E-state index in [0.29, 0.717) is 17.0 Å². The maximum atomic E-state index is 13.2. The van der Waals surface area contributed by atoms with E-state index in [4.69, 9.17) is 0 Å². The van der Waals surface area contributed by atoms with E-state index in [-0.39, 0.29) is 6.04 Å². The molecule has 0 spiro atoms. The lowest BCUT2D eigenvalue weighted by molar-refractivity contribution is -0.107. The van der Waals surface area contributed by atoms with Crippen molar-refractivity contribution in [1.29, 1.82) is 0 Å². The average molecular weight is 512 g/mol. The number of anilines is 1. The molecule has 150 valence electrons. The van der Waals surface area contributed by atoms with E-state index in [0.717, 1.165) is 53.2 Å². The molecule has 0 saturated carbocycles. The molecule has 0 fully saturated rings. The second-order valence-corrected chi connectivity index (χ2v) is 10.2. The summed E-state index contributed by atoms with van der Waals surface area (Å²) in [6.45, 7) is 0.787. The Morgan fingerprint density at radius 1 is 1.07 bits per heavy atom. The van der Waals surface area contributed by atoms with Crippen molar-refractivity contribution in [2.75, 3.05) is 17.9 Å². The summed E-state index contributed by atoms with van der Waals surface area (Å²) in [5.41, 5.74) is 2.46. The number of hydrogen-bond acceptors (Lipinski definition) is 4. The molecule has 3 rings (SSSR count). The Morgan fingerprint density at radius 2 is 1.82 bits per heavy atom. The summed E-state index contributed by atoms with van der Waals surface area (Å²) in [6, 6.07) is 13.1. The zero-order chi connectivity index (χ0) is 20.1. The van der Waals surface area contributed by atoms with Crippen LogP contribution in [0.25, 0.3) is 0 Å². The number of para-hydroxylation sites is 1. The summed E-state index contributed by atoms with van der Waals surface area (Å²) in [5.74, 6) is 0. The van der Waals surface area contributed by atoms with Crippen LogP contribution in [0.3, 0.4) is 0 Å². The Balaban J connectivity index is 1.91. The van der Waals surface area contributed by atoms with E-state index in [2.05, 4.69) is 27.9 Å². The summed E-state index contributed by atoms with van der Waals surface area (Å²) in [6.07, 6.45) is 5.59. The third-order valence-electron chi connectivity index (χ3n) is 5.11. The first-order chi connectivity index (χ1) is 13.5. The van der Waals surface area contributed by atoms with Crippen LogP contribution in [0, 0.1) is 3.57 Å². The summed E-state index contributed by atoms with van der Waals surface area (Å²) in [4.78, 5) is 10.8. The Labute approximate surface area is 180 Å². The van der Waals surface area contributed by atoms with Gasteiger partial charge >= 0.3 is 0 Å². The number of carbonyl (C=O) groups is 1. The number of aldehydes is 1. The second-order valence-electron chi connectivity index (χ2n) is 6.97. The highest BCUT2D eigenvalue weighted by Crippen LogP contribution is 2.40. The molecule has 0 bridgehead atoms. The van der Waals surface area contributed by atoms with Gasteiger partial charge in [0.1, 0.15) is 6.29 Å². The Kier molecular flexibility index (Phi) is 7.11. The predicted molar refractivity (Wildman–Crippen MR) is 120 cm³/mol. The van der Waals surface area contributed by atoms with Crippen molar-refractivity contribution >= 4 is 44.6 Å². The molecule has 2 aromatic rings. The molecule has 2 aromatic carbocycles. The fraction of sp³-hybridized carbons (Fsp3) is 0.381. The standard InChI is InChI=1S/C21H25IN2O3S/c1-24-19-10-6-5-9-17(19)21(23-13-7-3-2-4-8-14-25)18-12-11-16(22)15-20(18)28(24,26)27/h5-6,9-12,14-15,21,23H,2-4,7-8,13H2,1H3. The van der Waals surface area contributed by atoms with Gasteiger partial charge in [-0.05, 0) is 71.3 Å². The minimum absolute atomic E-state index is 0.182. The van der Waals surface area contributed by atoms with Gasteiger partial charge in [0.15, 0.2) is 0 Å². The van der Waals surface area contributed by atoms with Crippen LogP contribution in [0.4, 0.5) is 5.69 Å². The van der Waals surface area contributed by atoms with Crippen molar-refractivity contribution in [1.82, 2.24) is 5.32 Å². The number of hydrogen-bond donors (Lipinski definition) is 1. The van der Waals surface area contributed by atoms with Crippen molar-refractivity contribution in [3.63, 3.8) is 0 Å². The molecule has 0 radical (unpaired) electrons. The normalized spacial score (nSPS) is 17.5. The molecule has 1 aliphatic heterocycles. The van der Waals surface area contributed by atoms with Gasteiger partial charge < -0.3 is 10.1 Å². The Morgan fingerprint density at radius 3 is 2.61 bits per heavy atom. The van der Waals surface area contributed by atoms with E-state index in [1.165, 1.54) is 4.31 Å². The minimum Gasteiger partial charge on any atom is -0.306 e. The lowest BCUT2D eigenvalue weighted by Crippen LogP contribution is -2.26. The van der Waals surface area contributed by atoms with Gasteiger partial charge in [0.25, 0.3) is 10.0 Å². The Hall–Kier alpha value is -1.45. The van der Waals surface area contributed by atoms with Crippen molar-refractivity contribution < 1.29 is 13.2 Å². The van der Waals surface area contributed by atoms with Crippen LogP contribution in [0.5, 0.6) is 0 Å². The first kappa shape index (κ1) is 21.3. The van der Waals surface area contributed by atoms with Crippen molar-refractivity contribution in [3.8, 4) is 0 Å². The molecule has 28 heavy (non-hydrogen) atoms. The van der Waals surface area contributed by atoms with Gasteiger partial charge in [-0.25, -0.2) is 8.42 Å². The Bertz CT molecular complexity index is 946. The fourth-order valence-corrected chi connectivity index (χ4v) is 5.79. The third kappa shape index (κ3) is 4.41. The molecule has 5 nitrogen and oxygen atoms in total. The monoisotopic (exact) mass is 512 g/mol. The van der Waals surface area contributed by atoms with Crippen molar-refractivity contribution in [2.45, 2.75) is 43.0 Å². The SMILES string of the molecule is CN1c2ccccc2C(NCCCCCCC=O)c2ccc(I)cc2S1(=O)=O. The number of unbranched alkanes of at least 4 members (excludes halogenated alkanes) is 4. The lowest BCUT2D eigenvalue weighted by Gasteiger charge is -2.22. The van der Waals surface area contributed by atoms with Crippen LogP contribution in [0.15, 0.2) is 47.4 Å². The van der Waals surface area contributed by atoms with Gasteiger partial charge in [-0.1, -0.05) is 37.1 Å². The molecule has 1 N–H and O–H groups in total. The van der Waals surface area contributed by atoms with Gasteiger partial charge in [0.05, 0.1) is 16.6 Å². The number of nitrogens with zero attached hydrogens (tertiary/aromatic N) is 1. The molecule has 1 unspecified atom stereocenters. The molecular formula is C21H25IN2O3S. The molecule has 0 aromatic heterocycles. The van der Waals surface area contributed by atoms with Crippen molar-refractivity contribution in [3.05, 3.63) is 57.2 Å². The predicted octanol–water partition coefficient (Wildman–Crippen LogP) is 4.26. The zero-order valence-corrected chi connectivity index (χ0v) is 18.9. The van der Waals surface area contributed by atoms with Crippen LogP contribution < -0.4 is 9.62 Å². The molecule has 1 aliphatic rings. The third-order valence-corrected chi connectivity index (χ3v) is 7.61. The first-order valence-corrected chi connectivity index (χ1v) is 12.0. The van der Waals surface area contributed by atoms with Crippen LogP contribution >= 0.6 is 22.6 Å². The summed E-state index contributed by atoms with van der Waals surface area (Å²) in [7, 11) is -2.00. The van der Waals surface area contributed by atoms with E-state index < -0.39 is 10.0 Å². The minimum atomic E-state index is -3.62. The highest BCUT2D eigenvalue weighted by atomic mass is 127. The summed E-state index contributed by atoms with van der Waals surface area (Å²) in [5, 5.41) is 3.58. The van der Waals surface area contributed by atoms with Gasteiger partial charge in [-0.3, -0.25) is 4.31 Å². The van der Waals surface area contributed by atoms with Crippen LogP contribution in [-0.4, -0.2) is 28.3 Å². The van der Waals surface area contributed by atoms with Gasteiger partial charge in [-0.15, -0.1) is 0 Å². The maximum absolute atomic E-state index is 13.2. The number of benzene rings is 2. The number of sulfonamides is 1. The van der Waals surface area contributed by atoms with Crippen LogP contribution in [0.1, 0.15) is 49.3 Å². The highest BCUT2D eigenvalue weighted by molar-refractivity contribution is 14.1. The van der Waals surface area contributed by atoms with Gasteiger partial charge in [-0.2, -0.15) is 0 Å². The fourth-order valence-electron chi connectivity index (χ4n) is 3.61. The first-order valence-electron chi connectivity index (χ1n) is 9.51. The molecule has 7 heteroatoms. The van der Waals surface area contributed by atoms with E-state index >= 15 is 0 Å². The van der Waals surface area contributed by atoms with Crippen LogP contribution in [0.2, 0.25) is 0 Å². The molecular weight excluding hydrogens is 487 g/mol. The number of rotatable bonds is 8. The van der Waals surface area contributed by atoms with Crippen LogP contribution in [-0.2, 0) is 14.8 Å². The molecule has 0 aliphatic carbocycles. The van der Waals surface area contributed by atoms with E-state index in [1.54, 1.807) is 13.1 Å². The quantitative estimate of drug-likeness (QED) is 0.326. The molecule has 0 amide bonds. The maximum Gasteiger partial charge on any atom is 0.264 e. The lowest BCUT2D eigenvalue weighted by atomic mass is 9.96. The number of halogens is 1. The topological polar surface area (TPSA) is 66.5 Å². The van der Waals surface area contributed by atoms with Gasteiger partial charge in [0.2, 0.25) is 0 Å². The van der Waals surface area contributed by atoms with E-state index in [1.807, 2.05) is 36.4 Å². The molecule has 0 saturated heterocycles. The van der Waals surface area contributed by atoms with Gasteiger partial charge in [0, 0.05) is 17.0 Å². The van der Waals surface area contributed by atoms with E-state index in [9.17, 15) is 13.2 Å². The largest absolute Gasteiger partial charge is 0.306 e. The molecule has 1 atom stereocenters.